The van der Waals surface area contributed by atoms with Crippen LogP contribution in [0.2, 0.25) is 0 Å². The normalized spacial score (nSPS) is 11.8. The summed E-state index contributed by atoms with van der Waals surface area (Å²) >= 11 is 0. The monoisotopic (exact) mass is 313 g/mol. The number of carboxylic acids is 1. The number of aromatic carboxylic acids is 1. The Bertz CT molecular complexity index is 590. The number of carbonyl (C=O) groups is 1. The molecule has 0 aliphatic rings. The van der Waals surface area contributed by atoms with Gasteiger partial charge in [-0.05, 0) is 37.0 Å². The molecule has 1 aromatic rings. The molecule has 6 heteroatoms. The molecule has 0 atom stereocenters. The van der Waals surface area contributed by atoms with E-state index in [4.69, 9.17) is 5.11 Å². The molecule has 0 aliphatic carbocycles. The average Bonchev–Trinajstić information content (AvgIpc) is 2.46. The molecule has 0 unspecified atom stereocenters. The summed E-state index contributed by atoms with van der Waals surface area (Å²) in [5.74, 6) is -1.12. The molecule has 0 bridgehead atoms. The maximum atomic E-state index is 12.8. The van der Waals surface area contributed by atoms with Gasteiger partial charge in [-0.2, -0.15) is 4.31 Å². The lowest BCUT2D eigenvalue weighted by Gasteiger charge is -2.22. The van der Waals surface area contributed by atoms with E-state index < -0.39 is 16.0 Å². The zero-order valence-electron chi connectivity index (χ0n) is 12.8. The molecule has 21 heavy (non-hydrogen) atoms. The zero-order valence-corrected chi connectivity index (χ0v) is 13.6. The average molecular weight is 313 g/mol. The molecular formula is C15H23NO4S. The van der Waals surface area contributed by atoms with Crippen LogP contribution < -0.4 is 0 Å². The number of hydrogen-bond acceptors (Lipinski definition) is 3. The Morgan fingerprint density at radius 2 is 1.71 bits per heavy atom. The SMILES string of the molecule is CCCN(CCC)S(=O)(=O)c1cc(C(=O)O)ccc1CC. The predicted molar refractivity (Wildman–Crippen MR) is 82.1 cm³/mol. The molecule has 0 amide bonds. The first-order valence-corrected chi connectivity index (χ1v) is 8.68. The second-order valence-corrected chi connectivity index (χ2v) is 6.79. The summed E-state index contributed by atoms with van der Waals surface area (Å²) in [6, 6.07) is 4.31. The number of nitrogens with zero attached hydrogens (tertiary/aromatic N) is 1. The Balaban J connectivity index is 3.39. The van der Waals surface area contributed by atoms with Gasteiger partial charge in [-0.1, -0.05) is 26.8 Å². The number of hydrogen-bond donors (Lipinski definition) is 1. The van der Waals surface area contributed by atoms with Crippen molar-refractivity contribution in [3.63, 3.8) is 0 Å². The van der Waals surface area contributed by atoms with Crippen LogP contribution in [0.4, 0.5) is 0 Å². The summed E-state index contributed by atoms with van der Waals surface area (Å²) in [7, 11) is -3.65. The number of aryl methyl sites for hydroxylation is 1. The van der Waals surface area contributed by atoms with E-state index >= 15 is 0 Å². The third kappa shape index (κ3) is 4.04. The Kier molecular flexibility index (Phi) is 6.36. The van der Waals surface area contributed by atoms with Crippen molar-refractivity contribution in [1.29, 1.82) is 0 Å². The molecule has 0 heterocycles. The Morgan fingerprint density at radius 3 is 2.14 bits per heavy atom. The van der Waals surface area contributed by atoms with Gasteiger partial charge in [0.05, 0.1) is 10.5 Å². The number of rotatable bonds is 8. The molecule has 1 N–H and O–H groups in total. The second kappa shape index (κ2) is 7.56. The van der Waals surface area contributed by atoms with Crippen LogP contribution in [0.1, 0.15) is 49.5 Å². The van der Waals surface area contributed by atoms with Crippen molar-refractivity contribution in [1.82, 2.24) is 4.31 Å². The molecule has 0 spiro atoms. The fourth-order valence-corrected chi connectivity index (χ4v) is 4.15. The van der Waals surface area contributed by atoms with Gasteiger partial charge in [-0.25, -0.2) is 13.2 Å². The standard InChI is InChI=1S/C15H23NO4S/c1-4-9-16(10-5-2)21(19,20)14-11-13(15(17)18)8-7-12(14)6-3/h7-8,11H,4-6,9-10H2,1-3H3,(H,17,18). The topological polar surface area (TPSA) is 74.7 Å². The van der Waals surface area contributed by atoms with Crippen LogP contribution >= 0.6 is 0 Å². The smallest absolute Gasteiger partial charge is 0.335 e. The lowest BCUT2D eigenvalue weighted by Crippen LogP contribution is -2.33. The van der Waals surface area contributed by atoms with E-state index in [1.54, 1.807) is 6.07 Å². The van der Waals surface area contributed by atoms with E-state index in [0.717, 1.165) is 12.8 Å². The molecule has 0 aliphatic heterocycles. The van der Waals surface area contributed by atoms with Crippen molar-refractivity contribution in [3.05, 3.63) is 29.3 Å². The fraction of sp³-hybridized carbons (Fsp3) is 0.533. The maximum Gasteiger partial charge on any atom is 0.335 e. The largest absolute Gasteiger partial charge is 0.478 e. The first-order chi connectivity index (χ1) is 9.88. The van der Waals surface area contributed by atoms with Crippen molar-refractivity contribution in [2.24, 2.45) is 0 Å². The summed E-state index contributed by atoms with van der Waals surface area (Å²) in [6.07, 6.45) is 1.99. The summed E-state index contributed by atoms with van der Waals surface area (Å²) in [4.78, 5) is 11.2. The van der Waals surface area contributed by atoms with Gasteiger partial charge in [0, 0.05) is 13.1 Å². The van der Waals surface area contributed by atoms with Crippen LogP contribution in [0.5, 0.6) is 0 Å². The van der Waals surface area contributed by atoms with Gasteiger partial charge in [0.15, 0.2) is 0 Å². The Morgan fingerprint density at radius 1 is 1.14 bits per heavy atom. The highest BCUT2D eigenvalue weighted by molar-refractivity contribution is 7.89. The van der Waals surface area contributed by atoms with Crippen LogP contribution in [-0.2, 0) is 16.4 Å². The second-order valence-electron chi connectivity index (χ2n) is 4.89. The molecule has 0 aromatic heterocycles. The van der Waals surface area contributed by atoms with Crippen LogP contribution in [0.15, 0.2) is 23.1 Å². The lowest BCUT2D eigenvalue weighted by atomic mass is 10.1. The molecule has 1 aromatic carbocycles. The molecule has 118 valence electrons. The van der Waals surface area contributed by atoms with E-state index in [1.165, 1.54) is 16.4 Å². The number of benzene rings is 1. The molecular weight excluding hydrogens is 290 g/mol. The van der Waals surface area contributed by atoms with E-state index in [2.05, 4.69) is 0 Å². The van der Waals surface area contributed by atoms with E-state index in [-0.39, 0.29) is 10.5 Å². The zero-order chi connectivity index (χ0) is 16.0. The molecule has 5 nitrogen and oxygen atoms in total. The molecule has 1 rings (SSSR count). The van der Waals surface area contributed by atoms with Crippen molar-refractivity contribution >= 4 is 16.0 Å². The van der Waals surface area contributed by atoms with Crippen molar-refractivity contribution in [2.45, 2.75) is 44.9 Å². The van der Waals surface area contributed by atoms with E-state index in [9.17, 15) is 13.2 Å². The van der Waals surface area contributed by atoms with Gasteiger partial charge >= 0.3 is 5.97 Å². The van der Waals surface area contributed by atoms with Gasteiger partial charge in [0.2, 0.25) is 10.0 Å². The minimum Gasteiger partial charge on any atom is -0.478 e. The quantitative estimate of drug-likeness (QED) is 0.801. The van der Waals surface area contributed by atoms with Crippen LogP contribution in [0, 0.1) is 0 Å². The number of carboxylic acid groups (broad SMARTS) is 1. The third-order valence-corrected chi connectivity index (χ3v) is 5.24. The Labute approximate surface area is 126 Å². The van der Waals surface area contributed by atoms with Crippen molar-refractivity contribution in [2.75, 3.05) is 13.1 Å². The first-order valence-electron chi connectivity index (χ1n) is 7.24. The maximum absolute atomic E-state index is 12.8. The van der Waals surface area contributed by atoms with Gasteiger partial charge < -0.3 is 5.11 Å². The Hall–Kier alpha value is -1.40. The minimum absolute atomic E-state index is 0.00118. The van der Waals surface area contributed by atoms with Crippen LogP contribution in [0.25, 0.3) is 0 Å². The van der Waals surface area contributed by atoms with E-state index in [0.29, 0.717) is 25.1 Å². The third-order valence-electron chi connectivity index (χ3n) is 3.26. The first kappa shape index (κ1) is 17.7. The minimum atomic E-state index is -3.65. The highest BCUT2D eigenvalue weighted by atomic mass is 32.2. The molecule has 0 saturated carbocycles. The van der Waals surface area contributed by atoms with Crippen molar-refractivity contribution < 1.29 is 18.3 Å². The highest BCUT2D eigenvalue weighted by Gasteiger charge is 2.26. The summed E-state index contributed by atoms with van der Waals surface area (Å²) < 4.78 is 27.0. The van der Waals surface area contributed by atoms with Crippen molar-refractivity contribution in [3.8, 4) is 0 Å². The predicted octanol–water partition coefficient (Wildman–Crippen LogP) is 2.76. The molecule has 0 fully saturated rings. The molecule has 0 saturated heterocycles. The van der Waals surface area contributed by atoms with Gasteiger partial charge in [-0.15, -0.1) is 0 Å². The fourth-order valence-electron chi connectivity index (χ4n) is 2.21. The van der Waals surface area contributed by atoms with Gasteiger partial charge in [-0.3, -0.25) is 0 Å². The summed E-state index contributed by atoms with van der Waals surface area (Å²) in [6.45, 7) is 6.59. The number of sulfonamides is 1. The summed E-state index contributed by atoms with van der Waals surface area (Å²) in [5.41, 5.74) is 0.649. The van der Waals surface area contributed by atoms with Crippen LogP contribution in [0.3, 0.4) is 0 Å². The highest BCUT2D eigenvalue weighted by Crippen LogP contribution is 2.23. The van der Waals surface area contributed by atoms with Gasteiger partial charge in [0.25, 0.3) is 0 Å². The van der Waals surface area contributed by atoms with Gasteiger partial charge in [0.1, 0.15) is 0 Å². The lowest BCUT2D eigenvalue weighted by molar-refractivity contribution is 0.0696. The van der Waals surface area contributed by atoms with E-state index in [1.807, 2.05) is 20.8 Å². The summed E-state index contributed by atoms with van der Waals surface area (Å²) in [5, 5.41) is 9.08. The molecule has 0 radical (unpaired) electrons. The van der Waals surface area contributed by atoms with Crippen LogP contribution in [-0.4, -0.2) is 36.9 Å².